The number of amides is 1. The summed E-state index contributed by atoms with van der Waals surface area (Å²) in [4.78, 5) is 14.7. The molecular formula is C12H13ClFN5O. The van der Waals surface area contributed by atoms with Crippen molar-refractivity contribution in [2.75, 3.05) is 6.54 Å². The molecule has 1 aromatic carbocycles. The molecule has 1 saturated heterocycles. The molecule has 0 unspecified atom stereocenters. The highest BCUT2D eigenvalue weighted by Gasteiger charge is 2.31. The third-order valence-electron chi connectivity index (χ3n) is 3.16. The molecule has 2 N–H and O–H groups in total. The molecule has 8 heteroatoms. The van der Waals surface area contributed by atoms with Gasteiger partial charge in [-0.1, -0.05) is 28.8 Å². The Morgan fingerprint density at radius 1 is 1.65 bits per heavy atom. The highest BCUT2D eigenvalue weighted by Crippen LogP contribution is 2.18. The average Bonchev–Trinajstić information content (AvgIpc) is 2.89. The van der Waals surface area contributed by atoms with E-state index in [0.29, 0.717) is 18.5 Å². The Morgan fingerprint density at radius 2 is 2.45 bits per heavy atom. The van der Waals surface area contributed by atoms with Crippen molar-refractivity contribution in [2.24, 2.45) is 5.11 Å². The molecule has 0 saturated carbocycles. The molecule has 2 rings (SSSR count). The van der Waals surface area contributed by atoms with Gasteiger partial charge in [0.05, 0.1) is 17.1 Å². The molecule has 2 atom stereocenters. The summed E-state index contributed by atoms with van der Waals surface area (Å²) in [5.74, 6) is -0.861. The lowest BCUT2D eigenvalue weighted by Gasteiger charge is -2.15. The quantitative estimate of drug-likeness (QED) is 0.506. The van der Waals surface area contributed by atoms with Crippen LogP contribution in [0.15, 0.2) is 23.3 Å². The molecule has 0 aliphatic carbocycles. The summed E-state index contributed by atoms with van der Waals surface area (Å²) < 4.78 is 13.7. The Kier molecular flexibility index (Phi) is 4.79. The number of nitrogens with one attached hydrogen (secondary N) is 2. The number of azide groups is 1. The lowest BCUT2D eigenvalue weighted by molar-refractivity contribution is -0.123. The number of nitrogens with zero attached hydrogens (tertiary/aromatic N) is 3. The Balaban J connectivity index is 1.98. The third kappa shape index (κ3) is 3.19. The van der Waals surface area contributed by atoms with Gasteiger partial charge in [-0.15, -0.1) is 0 Å². The predicted octanol–water partition coefficient (Wildman–Crippen LogP) is 2.14. The van der Waals surface area contributed by atoms with Crippen LogP contribution in [0.1, 0.15) is 12.0 Å². The summed E-state index contributed by atoms with van der Waals surface area (Å²) in [6.07, 6.45) is 0.605. The van der Waals surface area contributed by atoms with Gasteiger partial charge in [-0.05, 0) is 24.6 Å². The first kappa shape index (κ1) is 14.6. The van der Waals surface area contributed by atoms with E-state index >= 15 is 0 Å². The summed E-state index contributed by atoms with van der Waals surface area (Å²) in [7, 11) is 0. The molecule has 1 amide bonds. The van der Waals surface area contributed by atoms with Gasteiger partial charge >= 0.3 is 0 Å². The van der Waals surface area contributed by atoms with Crippen molar-refractivity contribution in [2.45, 2.75) is 25.0 Å². The minimum absolute atomic E-state index is 0.0164. The largest absolute Gasteiger partial charge is 0.351 e. The maximum atomic E-state index is 13.7. The van der Waals surface area contributed by atoms with Crippen LogP contribution >= 0.6 is 11.6 Å². The smallest absolute Gasteiger partial charge is 0.237 e. The van der Waals surface area contributed by atoms with Crippen molar-refractivity contribution >= 4 is 17.5 Å². The van der Waals surface area contributed by atoms with Crippen LogP contribution in [-0.4, -0.2) is 24.5 Å². The third-order valence-corrected chi connectivity index (χ3v) is 3.45. The van der Waals surface area contributed by atoms with Gasteiger partial charge in [0, 0.05) is 17.0 Å². The number of benzene rings is 1. The van der Waals surface area contributed by atoms with Gasteiger partial charge in [0.15, 0.2) is 0 Å². The van der Waals surface area contributed by atoms with Gasteiger partial charge in [0.1, 0.15) is 5.82 Å². The van der Waals surface area contributed by atoms with Crippen LogP contribution < -0.4 is 10.6 Å². The van der Waals surface area contributed by atoms with Crippen LogP contribution in [0.5, 0.6) is 0 Å². The van der Waals surface area contributed by atoms with Gasteiger partial charge in [0.25, 0.3) is 0 Å². The Morgan fingerprint density at radius 3 is 3.20 bits per heavy atom. The number of hydrogen-bond acceptors (Lipinski definition) is 3. The molecule has 1 aliphatic heterocycles. The summed E-state index contributed by atoms with van der Waals surface area (Å²) in [6.45, 7) is 0.639. The standard InChI is InChI=1S/C12H13ClFN5O/c13-8-3-1-2-7(10(8)14)6-17-12(20)11-9(18-19-15)4-5-16-11/h1-3,9,11,16H,4-6H2,(H,17,20)/t9-,11-/m0/s1. The van der Waals surface area contributed by atoms with Crippen molar-refractivity contribution in [1.29, 1.82) is 0 Å². The highest BCUT2D eigenvalue weighted by atomic mass is 35.5. The van der Waals surface area contributed by atoms with Crippen LogP contribution in [0.2, 0.25) is 5.02 Å². The molecule has 1 aromatic rings. The van der Waals surface area contributed by atoms with Crippen LogP contribution in [0.25, 0.3) is 10.4 Å². The molecule has 20 heavy (non-hydrogen) atoms. The van der Waals surface area contributed by atoms with Crippen molar-refractivity contribution in [3.63, 3.8) is 0 Å². The second-order valence-electron chi connectivity index (χ2n) is 4.42. The van der Waals surface area contributed by atoms with E-state index in [1.807, 2.05) is 0 Å². The summed E-state index contributed by atoms with van der Waals surface area (Å²) in [5.41, 5.74) is 8.75. The van der Waals surface area contributed by atoms with Gasteiger partial charge in [0.2, 0.25) is 5.91 Å². The molecule has 1 aliphatic rings. The zero-order chi connectivity index (χ0) is 14.5. The molecule has 0 bridgehead atoms. The molecule has 1 heterocycles. The first-order valence-electron chi connectivity index (χ1n) is 6.11. The van der Waals surface area contributed by atoms with E-state index < -0.39 is 17.9 Å². The molecule has 0 spiro atoms. The normalized spacial score (nSPS) is 21.3. The number of halogens is 2. The van der Waals surface area contributed by atoms with Crippen molar-refractivity contribution in [3.8, 4) is 0 Å². The number of hydrogen-bond donors (Lipinski definition) is 2. The first-order valence-corrected chi connectivity index (χ1v) is 6.49. The van der Waals surface area contributed by atoms with Crippen molar-refractivity contribution in [1.82, 2.24) is 10.6 Å². The summed E-state index contributed by atoms with van der Waals surface area (Å²) in [5, 5.41) is 9.16. The zero-order valence-electron chi connectivity index (χ0n) is 10.5. The van der Waals surface area contributed by atoms with E-state index in [9.17, 15) is 9.18 Å². The van der Waals surface area contributed by atoms with Gasteiger partial charge in [-0.25, -0.2) is 4.39 Å². The van der Waals surface area contributed by atoms with E-state index in [-0.39, 0.29) is 17.5 Å². The SMILES string of the molecule is [N-]=[N+]=N[C@H]1CCN[C@@H]1C(=O)NCc1cccc(Cl)c1F. The fourth-order valence-electron chi connectivity index (χ4n) is 2.12. The summed E-state index contributed by atoms with van der Waals surface area (Å²) in [6, 6.07) is 3.62. The van der Waals surface area contributed by atoms with E-state index in [2.05, 4.69) is 20.7 Å². The fourth-order valence-corrected chi connectivity index (χ4v) is 2.32. The average molecular weight is 298 g/mol. The lowest BCUT2D eigenvalue weighted by atomic mass is 10.1. The zero-order valence-corrected chi connectivity index (χ0v) is 11.3. The monoisotopic (exact) mass is 297 g/mol. The Labute approximate surface area is 119 Å². The van der Waals surface area contributed by atoms with E-state index in [4.69, 9.17) is 17.1 Å². The molecule has 0 radical (unpaired) electrons. The predicted molar refractivity (Wildman–Crippen MR) is 72.6 cm³/mol. The number of carbonyl (C=O) groups is 1. The van der Waals surface area contributed by atoms with E-state index in [1.165, 1.54) is 6.07 Å². The molecule has 1 fully saturated rings. The van der Waals surface area contributed by atoms with Crippen molar-refractivity contribution in [3.05, 3.63) is 45.0 Å². The second kappa shape index (κ2) is 6.56. The second-order valence-corrected chi connectivity index (χ2v) is 4.83. The van der Waals surface area contributed by atoms with Crippen molar-refractivity contribution < 1.29 is 9.18 Å². The van der Waals surface area contributed by atoms with Crippen LogP contribution in [0, 0.1) is 5.82 Å². The van der Waals surface area contributed by atoms with Gasteiger partial charge < -0.3 is 10.6 Å². The highest BCUT2D eigenvalue weighted by molar-refractivity contribution is 6.30. The van der Waals surface area contributed by atoms with Crippen LogP contribution in [-0.2, 0) is 11.3 Å². The molecule has 106 valence electrons. The minimum atomic E-state index is -0.576. The van der Waals surface area contributed by atoms with Gasteiger partial charge in [-0.2, -0.15) is 0 Å². The van der Waals surface area contributed by atoms with E-state index in [1.54, 1.807) is 12.1 Å². The maximum Gasteiger partial charge on any atom is 0.237 e. The number of rotatable bonds is 4. The maximum absolute atomic E-state index is 13.7. The fraction of sp³-hybridized carbons (Fsp3) is 0.417. The molecular weight excluding hydrogens is 285 g/mol. The Hall–Kier alpha value is -1.82. The molecule has 0 aromatic heterocycles. The Bertz CT molecular complexity index is 561. The van der Waals surface area contributed by atoms with Gasteiger partial charge in [-0.3, -0.25) is 4.79 Å². The first-order chi connectivity index (χ1) is 9.63. The van der Waals surface area contributed by atoms with Crippen LogP contribution in [0.4, 0.5) is 4.39 Å². The topological polar surface area (TPSA) is 89.9 Å². The van der Waals surface area contributed by atoms with Crippen LogP contribution in [0.3, 0.4) is 0 Å². The number of carbonyl (C=O) groups excluding carboxylic acids is 1. The molecule has 6 nitrogen and oxygen atoms in total. The van der Waals surface area contributed by atoms with E-state index in [0.717, 1.165) is 0 Å². The lowest BCUT2D eigenvalue weighted by Crippen LogP contribution is -2.45. The minimum Gasteiger partial charge on any atom is -0.351 e. The summed E-state index contributed by atoms with van der Waals surface area (Å²) >= 11 is 5.67.